The number of hydrogen-bond acceptors (Lipinski definition) is 3. The van der Waals surface area contributed by atoms with Gasteiger partial charge in [-0.3, -0.25) is 0 Å². The third kappa shape index (κ3) is 2.33. The second-order valence-electron chi connectivity index (χ2n) is 4.07. The maximum Gasteiger partial charge on any atom is 0.282 e. The van der Waals surface area contributed by atoms with Crippen LogP contribution in [0.5, 0.6) is 0 Å². The Kier molecular flexibility index (Phi) is 3.56. The molecule has 1 heterocycles. The fourth-order valence-electron chi connectivity index (χ4n) is 2.49. The molecule has 14 heavy (non-hydrogen) atoms. The number of halogens is 1. The van der Waals surface area contributed by atoms with E-state index in [0.29, 0.717) is 5.92 Å². The standard InChI is InChI=1S/C9H16ClO2PS/c1-2-8-7-5-3-4-6-9(7)12-13(10,14)11-8/h7-9H,2-6H2,1H3. The Labute approximate surface area is 95.3 Å². The zero-order chi connectivity index (χ0) is 10.2. The topological polar surface area (TPSA) is 18.5 Å². The van der Waals surface area contributed by atoms with Crippen molar-refractivity contribution in [2.75, 3.05) is 0 Å². The predicted octanol–water partition coefficient (Wildman–Crippen LogP) is 3.83. The second kappa shape index (κ2) is 4.39. The van der Waals surface area contributed by atoms with Gasteiger partial charge in [0.05, 0.1) is 12.2 Å². The van der Waals surface area contributed by atoms with E-state index < -0.39 is 5.84 Å². The zero-order valence-corrected chi connectivity index (χ0v) is 10.8. The molecule has 0 aromatic rings. The minimum atomic E-state index is -2.44. The lowest BCUT2D eigenvalue weighted by Gasteiger charge is -2.43. The summed E-state index contributed by atoms with van der Waals surface area (Å²) in [5, 5.41) is 0. The lowest BCUT2D eigenvalue weighted by atomic mass is 9.82. The van der Waals surface area contributed by atoms with Gasteiger partial charge in [-0.05, 0) is 42.3 Å². The van der Waals surface area contributed by atoms with Crippen molar-refractivity contribution in [2.45, 2.75) is 51.2 Å². The van der Waals surface area contributed by atoms with E-state index in [1.807, 2.05) is 0 Å². The SMILES string of the molecule is CCC1OP(=S)(Cl)OC2CCCCC12. The van der Waals surface area contributed by atoms with E-state index in [4.69, 9.17) is 32.1 Å². The summed E-state index contributed by atoms with van der Waals surface area (Å²) in [5.74, 6) is -1.91. The minimum Gasteiger partial charge on any atom is -0.314 e. The molecule has 2 fully saturated rings. The van der Waals surface area contributed by atoms with Gasteiger partial charge in [-0.15, -0.1) is 0 Å². The van der Waals surface area contributed by atoms with Gasteiger partial charge in [-0.25, -0.2) is 0 Å². The fraction of sp³-hybridized carbons (Fsp3) is 1.00. The van der Waals surface area contributed by atoms with Crippen LogP contribution in [0.2, 0.25) is 0 Å². The highest BCUT2D eigenvalue weighted by molar-refractivity contribution is 8.22. The van der Waals surface area contributed by atoms with E-state index in [9.17, 15) is 0 Å². The summed E-state index contributed by atoms with van der Waals surface area (Å²) < 4.78 is 11.3. The van der Waals surface area contributed by atoms with Crippen molar-refractivity contribution in [1.29, 1.82) is 0 Å². The third-order valence-electron chi connectivity index (χ3n) is 3.16. The highest BCUT2D eigenvalue weighted by Gasteiger charge is 2.42. The van der Waals surface area contributed by atoms with E-state index >= 15 is 0 Å². The summed E-state index contributed by atoms with van der Waals surface area (Å²) in [6.07, 6.45) is 6.34. The maximum atomic E-state index is 6.05. The molecule has 0 bridgehead atoms. The van der Waals surface area contributed by atoms with Crippen LogP contribution in [0.1, 0.15) is 39.0 Å². The Bertz CT molecular complexity index is 249. The quantitative estimate of drug-likeness (QED) is 0.663. The van der Waals surface area contributed by atoms with Gasteiger partial charge in [0.2, 0.25) is 0 Å². The summed E-state index contributed by atoms with van der Waals surface area (Å²) in [5.41, 5.74) is 0. The van der Waals surface area contributed by atoms with Crippen molar-refractivity contribution in [2.24, 2.45) is 5.92 Å². The first-order valence-corrected chi connectivity index (χ1v) is 8.83. The highest BCUT2D eigenvalue weighted by Crippen LogP contribution is 2.62. The minimum absolute atomic E-state index is 0.234. The lowest BCUT2D eigenvalue weighted by Crippen LogP contribution is -2.40. The molecule has 4 unspecified atom stereocenters. The van der Waals surface area contributed by atoms with E-state index in [1.165, 1.54) is 19.3 Å². The highest BCUT2D eigenvalue weighted by atomic mass is 35.7. The number of hydrogen-bond donors (Lipinski definition) is 0. The first-order chi connectivity index (χ1) is 6.62. The van der Waals surface area contributed by atoms with Crippen molar-refractivity contribution >= 4 is 28.9 Å². The van der Waals surface area contributed by atoms with Gasteiger partial charge in [-0.1, -0.05) is 19.8 Å². The second-order valence-corrected chi connectivity index (χ2v) is 8.74. The third-order valence-corrected chi connectivity index (χ3v) is 5.20. The Hall–Kier alpha value is 0.860. The normalized spacial score (nSPS) is 48.6. The smallest absolute Gasteiger partial charge is 0.282 e. The van der Waals surface area contributed by atoms with E-state index in [2.05, 4.69) is 6.92 Å². The van der Waals surface area contributed by atoms with Crippen molar-refractivity contribution < 1.29 is 9.05 Å². The molecule has 0 spiro atoms. The van der Waals surface area contributed by atoms with Crippen LogP contribution in [0.15, 0.2) is 0 Å². The zero-order valence-electron chi connectivity index (χ0n) is 8.32. The van der Waals surface area contributed by atoms with Crippen molar-refractivity contribution in [1.82, 2.24) is 0 Å². The van der Waals surface area contributed by atoms with Gasteiger partial charge in [0.1, 0.15) is 0 Å². The van der Waals surface area contributed by atoms with Crippen LogP contribution in [0.3, 0.4) is 0 Å². The molecule has 0 aromatic heterocycles. The van der Waals surface area contributed by atoms with Gasteiger partial charge in [0, 0.05) is 5.92 Å². The maximum absolute atomic E-state index is 6.05. The van der Waals surface area contributed by atoms with Crippen molar-refractivity contribution in [3.8, 4) is 0 Å². The molecule has 4 atom stereocenters. The molecular formula is C9H16ClO2PS. The summed E-state index contributed by atoms with van der Waals surface area (Å²) >= 11 is 11.2. The van der Waals surface area contributed by atoms with Crippen LogP contribution in [0.4, 0.5) is 0 Å². The van der Waals surface area contributed by atoms with E-state index in [1.54, 1.807) is 0 Å². The number of fused-ring (bicyclic) bond motifs is 1. The van der Waals surface area contributed by atoms with Crippen LogP contribution in [0.25, 0.3) is 0 Å². The van der Waals surface area contributed by atoms with E-state index in [-0.39, 0.29) is 12.2 Å². The van der Waals surface area contributed by atoms with Crippen LogP contribution in [-0.4, -0.2) is 12.2 Å². The molecule has 2 nitrogen and oxygen atoms in total. The molecular weight excluding hydrogens is 239 g/mol. The molecule has 0 radical (unpaired) electrons. The molecule has 2 rings (SSSR count). The monoisotopic (exact) mass is 254 g/mol. The summed E-state index contributed by atoms with van der Waals surface area (Å²) in [6.45, 7) is 2.13. The molecule has 1 aliphatic heterocycles. The Morgan fingerprint density at radius 1 is 1.36 bits per heavy atom. The van der Waals surface area contributed by atoms with Gasteiger partial charge < -0.3 is 9.05 Å². The van der Waals surface area contributed by atoms with Gasteiger partial charge in [0.15, 0.2) is 0 Å². The van der Waals surface area contributed by atoms with Crippen LogP contribution >= 0.6 is 17.1 Å². The lowest BCUT2D eigenvalue weighted by molar-refractivity contribution is -0.0283. The molecule has 1 aliphatic carbocycles. The van der Waals surface area contributed by atoms with Crippen LogP contribution < -0.4 is 0 Å². The molecule has 0 N–H and O–H groups in total. The van der Waals surface area contributed by atoms with Gasteiger partial charge in [-0.2, -0.15) is 0 Å². The van der Waals surface area contributed by atoms with Crippen LogP contribution in [0, 0.1) is 5.92 Å². The Balaban J connectivity index is 2.13. The van der Waals surface area contributed by atoms with Gasteiger partial charge >= 0.3 is 0 Å². The molecule has 0 amide bonds. The first kappa shape index (κ1) is 11.3. The Morgan fingerprint density at radius 2 is 2.07 bits per heavy atom. The molecule has 1 saturated heterocycles. The largest absolute Gasteiger partial charge is 0.314 e. The Morgan fingerprint density at radius 3 is 2.79 bits per heavy atom. The van der Waals surface area contributed by atoms with Crippen molar-refractivity contribution in [3.63, 3.8) is 0 Å². The molecule has 82 valence electrons. The number of rotatable bonds is 1. The first-order valence-electron chi connectivity index (χ1n) is 5.29. The average molecular weight is 255 g/mol. The van der Waals surface area contributed by atoms with E-state index in [0.717, 1.165) is 12.8 Å². The summed E-state index contributed by atoms with van der Waals surface area (Å²) in [4.78, 5) is 0. The average Bonchev–Trinajstić information content (AvgIpc) is 2.15. The van der Waals surface area contributed by atoms with Crippen molar-refractivity contribution in [3.05, 3.63) is 0 Å². The molecule has 0 aromatic carbocycles. The molecule has 5 heteroatoms. The summed E-state index contributed by atoms with van der Waals surface area (Å²) in [6, 6.07) is 0. The van der Waals surface area contributed by atoms with Gasteiger partial charge in [0.25, 0.3) is 5.84 Å². The predicted molar refractivity (Wildman–Crippen MR) is 62.1 cm³/mol. The fourth-order valence-corrected chi connectivity index (χ4v) is 5.03. The molecule has 1 saturated carbocycles. The van der Waals surface area contributed by atoms with Crippen LogP contribution in [-0.2, 0) is 20.9 Å². The molecule has 2 aliphatic rings. The summed E-state index contributed by atoms with van der Waals surface area (Å²) in [7, 11) is 0.